The zero-order chi connectivity index (χ0) is 22.7. The molecule has 1 heteroatoms. The van der Waals surface area contributed by atoms with Crippen LogP contribution in [0.5, 0.6) is 0 Å². The van der Waals surface area contributed by atoms with Gasteiger partial charge < -0.3 is 0 Å². The molecule has 4 fully saturated rings. The van der Waals surface area contributed by atoms with Gasteiger partial charge in [0.15, 0.2) is 0 Å². The highest BCUT2D eigenvalue weighted by atomic mass is 16.1. The van der Waals surface area contributed by atoms with Gasteiger partial charge >= 0.3 is 0 Å². The van der Waals surface area contributed by atoms with Crippen molar-refractivity contribution in [2.45, 2.75) is 120 Å². The van der Waals surface area contributed by atoms with Gasteiger partial charge in [-0.1, -0.05) is 73.5 Å². The minimum Gasteiger partial charge on any atom is -0.299 e. The third kappa shape index (κ3) is 2.48. The molecule has 5 rings (SSSR count). The Morgan fingerprint density at radius 1 is 0.742 bits per heavy atom. The SMILES string of the molecule is CC1(C)C(=O)CCC2(C)C3=CCC4(C)C5CCCC(C)(C)C5(C)CCC4(C)C3CCC12. The average Bonchev–Trinajstić information content (AvgIpc) is 2.68. The molecule has 0 bridgehead atoms. The van der Waals surface area contributed by atoms with Crippen LogP contribution in [-0.4, -0.2) is 5.78 Å². The average molecular weight is 425 g/mol. The number of Topliss-reactive ketones (excluding diaryl/α,β-unsaturated/α-hetero) is 1. The molecule has 4 saturated carbocycles. The van der Waals surface area contributed by atoms with E-state index in [0.717, 1.165) is 24.7 Å². The number of carbonyl (C=O) groups excluding carboxylic acids is 1. The second-order valence-corrected chi connectivity index (χ2v) is 14.7. The van der Waals surface area contributed by atoms with Crippen molar-refractivity contribution in [3.8, 4) is 0 Å². The van der Waals surface area contributed by atoms with E-state index >= 15 is 0 Å². The normalized spacial score (nSPS) is 52.8. The molecule has 7 unspecified atom stereocenters. The summed E-state index contributed by atoms with van der Waals surface area (Å²) < 4.78 is 0. The van der Waals surface area contributed by atoms with Crippen LogP contribution in [0.4, 0.5) is 0 Å². The Labute approximate surface area is 192 Å². The first-order chi connectivity index (χ1) is 14.2. The molecule has 0 saturated heterocycles. The standard InChI is InChI=1S/C30H48O/c1-25(2)15-9-10-23-29(25,7)19-18-28(6)21-11-12-22-26(3,4)24(31)14-16-27(22,5)20(21)13-17-30(23,28)8/h13,21-23H,9-12,14-19H2,1-8H3. The largest absolute Gasteiger partial charge is 0.299 e. The van der Waals surface area contributed by atoms with Gasteiger partial charge in [-0.2, -0.15) is 0 Å². The fraction of sp³-hybridized carbons (Fsp3) is 0.900. The zero-order valence-corrected chi connectivity index (χ0v) is 21.8. The van der Waals surface area contributed by atoms with Crippen LogP contribution in [-0.2, 0) is 4.79 Å². The molecule has 0 aliphatic heterocycles. The molecule has 0 amide bonds. The van der Waals surface area contributed by atoms with Gasteiger partial charge in [-0.25, -0.2) is 0 Å². The Morgan fingerprint density at radius 3 is 2.13 bits per heavy atom. The van der Waals surface area contributed by atoms with Crippen molar-refractivity contribution in [1.29, 1.82) is 0 Å². The van der Waals surface area contributed by atoms with Gasteiger partial charge in [-0.15, -0.1) is 0 Å². The molecule has 0 spiro atoms. The summed E-state index contributed by atoms with van der Waals surface area (Å²) in [6.45, 7) is 20.3. The zero-order valence-electron chi connectivity index (χ0n) is 21.8. The molecule has 0 aromatic rings. The smallest absolute Gasteiger partial charge is 0.138 e. The van der Waals surface area contributed by atoms with E-state index < -0.39 is 0 Å². The molecule has 0 aromatic heterocycles. The number of allylic oxidation sites excluding steroid dienone is 2. The predicted octanol–water partition coefficient (Wildman–Crippen LogP) is 8.38. The second kappa shape index (κ2) is 6.29. The Balaban J connectivity index is 1.59. The molecule has 174 valence electrons. The van der Waals surface area contributed by atoms with Gasteiger partial charge in [0.2, 0.25) is 0 Å². The molecule has 7 atom stereocenters. The summed E-state index contributed by atoms with van der Waals surface area (Å²) in [5, 5.41) is 0. The van der Waals surface area contributed by atoms with E-state index in [1.165, 1.54) is 51.4 Å². The fourth-order valence-electron chi connectivity index (χ4n) is 10.6. The van der Waals surface area contributed by atoms with Crippen LogP contribution in [0.2, 0.25) is 0 Å². The Morgan fingerprint density at radius 2 is 1.42 bits per heavy atom. The van der Waals surface area contributed by atoms with Crippen LogP contribution in [0.25, 0.3) is 0 Å². The monoisotopic (exact) mass is 424 g/mol. The number of hydrogen-bond donors (Lipinski definition) is 0. The van der Waals surface area contributed by atoms with Gasteiger partial charge in [0, 0.05) is 11.8 Å². The Kier molecular flexibility index (Phi) is 4.51. The summed E-state index contributed by atoms with van der Waals surface area (Å²) in [5.74, 6) is 2.61. The van der Waals surface area contributed by atoms with Crippen molar-refractivity contribution in [2.24, 2.45) is 50.2 Å². The van der Waals surface area contributed by atoms with E-state index in [4.69, 9.17) is 0 Å². The van der Waals surface area contributed by atoms with Crippen LogP contribution < -0.4 is 0 Å². The summed E-state index contributed by atoms with van der Waals surface area (Å²) in [5.41, 5.74) is 3.62. The summed E-state index contributed by atoms with van der Waals surface area (Å²) in [6, 6.07) is 0. The van der Waals surface area contributed by atoms with Gasteiger partial charge in [-0.05, 0) is 96.2 Å². The van der Waals surface area contributed by atoms with Gasteiger partial charge in [0.25, 0.3) is 0 Å². The van der Waals surface area contributed by atoms with Gasteiger partial charge in [0.1, 0.15) is 5.78 Å². The van der Waals surface area contributed by atoms with Crippen LogP contribution in [0, 0.1) is 50.2 Å². The molecule has 0 N–H and O–H groups in total. The lowest BCUT2D eigenvalue weighted by atomic mass is 9.32. The summed E-state index contributed by atoms with van der Waals surface area (Å²) in [7, 11) is 0. The summed E-state index contributed by atoms with van der Waals surface area (Å²) >= 11 is 0. The third-order valence-corrected chi connectivity index (χ3v) is 13.4. The van der Waals surface area contributed by atoms with E-state index in [9.17, 15) is 4.79 Å². The fourth-order valence-corrected chi connectivity index (χ4v) is 10.6. The molecule has 31 heavy (non-hydrogen) atoms. The molecule has 5 aliphatic rings. The van der Waals surface area contributed by atoms with Crippen molar-refractivity contribution in [1.82, 2.24) is 0 Å². The molecule has 0 aromatic carbocycles. The van der Waals surface area contributed by atoms with Gasteiger partial charge in [0.05, 0.1) is 0 Å². The molecular weight excluding hydrogens is 376 g/mol. The second-order valence-electron chi connectivity index (χ2n) is 14.7. The van der Waals surface area contributed by atoms with E-state index in [-0.39, 0.29) is 10.8 Å². The molecule has 0 radical (unpaired) electrons. The number of carbonyl (C=O) groups is 1. The maximum absolute atomic E-state index is 12.8. The van der Waals surface area contributed by atoms with Crippen molar-refractivity contribution in [3.05, 3.63) is 11.6 Å². The minimum atomic E-state index is -0.154. The quantitative estimate of drug-likeness (QED) is 0.357. The molecular formula is C30H48O. The molecule has 0 heterocycles. The van der Waals surface area contributed by atoms with Crippen LogP contribution in [0.1, 0.15) is 120 Å². The first-order valence-electron chi connectivity index (χ1n) is 13.5. The van der Waals surface area contributed by atoms with Crippen LogP contribution >= 0.6 is 0 Å². The highest BCUT2D eigenvalue weighted by molar-refractivity contribution is 5.85. The highest BCUT2D eigenvalue weighted by Crippen LogP contribution is 2.76. The predicted molar refractivity (Wildman–Crippen MR) is 130 cm³/mol. The number of fused-ring (bicyclic) bond motifs is 7. The lowest BCUT2D eigenvalue weighted by Crippen LogP contribution is -2.64. The van der Waals surface area contributed by atoms with Crippen LogP contribution in [0.15, 0.2) is 11.6 Å². The van der Waals surface area contributed by atoms with Crippen molar-refractivity contribution in [2.75, 3.05) is 0 Å². The van der Waals surface area contributed by atoms with Gasteiger partial charge in [-0.3, -0.25) is 4.79 Å². The number of rotatable bonds is 0. The van der Waals surface area contributed by atoms with E-state index in [1.54, 1.807) is 5.57 Å². The summed E-state index contributed by atoms with van der Waals surface area (Å²) in [6.07, 6.45) is 15.5. The van der Waals surface area contributed by atoms with E-state index in [0.29, 0.717) is 33.4 Å². The third-order valence-electron chi connectivity index (χ3n) is 13.4. The van der Waals surface area contributed by atoms with E-state index in [1.807, 2.05) is 0 Å². The molecule has 5 aliphatic carbocycles. The van der Waals surface area contributed by atoms with Crippen molar-refractivity contribution >= 4 is 5.78 Å². The lowest BCUT2D eigenvalue weighted by molar-refractivity contribution is -0.202. The first-order valence-corrected chi connectivity index (χ1v) is 13.5. The molecule has 1 nitrogen and oxygen atoms in total. The maximum atomic E-state index is 12.8. The lowest BCUT2D eigenvalue weighted by Gasteiger charge is -2.72. The maximum Gasteiger partial charge on any atom is 0.138 e. The Hall–Kier alpha value is -0.590. The van der Waals surface area contributed by atoms with Crippen molar-refractivity contribution in [3.63, 3.8) is 0 Å². The Bertz CT molecular complexity index is 831. The summed E-state index contributed by atoms with van der Waals surface area (Å²) in [4.78, 5) is 12.8. The van der Waals surface area contributed by atoms with E-state index in [2.05, 4.69) is 61.5 Å². The topological polar surface area (TPSA) is 17.1 Å². The minimum absolute atomic E-state index is 0.154. The first kappa shape index (κ1) is 22.2. The number of hydrogen-bond acceptors (Lipinski definition) is 1. The number of ketones is 1. The highest BCUT2D eigenvalue weighted by Gasteiger charge is 2.68. The van der Waals surface area contributed by atoms with Crippen LogP contribution in [0.3, 0.4) is 0 Å². The van der Waals surface area contributed by atoms with Crippen molar-refractivity contribution < 1.29 is 4.79 Å².